The van der Waals surface area contributed by atoms with Gasteiger partial charge in [-0.15, -0.1) is 0 Å². The van der Waals surface area contributed by atoms with Gasteiger partial charge in [-0.05, 0) is 6.42 Å². The van der Waals surface area contributed by atoms with Gasteiger partial charge in [-0.2, -0.15) is 0 Å². The van der Waals surface area contributed by atoms with Gasteiger partial charge < -0.3 is 4.29 Å². The van der Waals surface area contributed by atoms with Crippen molar-refractivity contribution in [3.63, 3.8) is 0 Å². The maximum atomic E-state index is 10.2. The van der Waals surface area contributed by atoms with Crippen molar-refractivity contribution in [2.75, 3.05) is 0 Å². The Morgan fingerprint density at radius 2 is 2.38 bits per heavy atom. The lowest BCUT2D eigenvalue weighted by molar-refractivity contribution is -0.134. The van der Waals surface area contributed by atoms with Crippen LogP contribution in [0.3, 0.4) is 0 Å². The summed E-state index contributed by atoms with van der Waals surface area (Å²) >= 11 is 4.74. The zero-order valence-corrected chi connectivity index (χ0v) is 5.57. The standard InChI is InChI=1S/C5H9ClO2/c1-2-3-4-5(7)8-6/h2-4H2,1H3. The molecule has 0 aliphatic carbocycles. The molecule has 0 aliphatic rings. The largest absolute Gasteiger partial charge is 0.348 e. The minimum Gasteiger partial charge on any atom is -0.348 e. The number of unbranched alkanes of at least 4 members (excludes halogenated alkanes) is 1. The van der Waals surface area contributed by atoms with E-state index in [0.29, 0.717) is 6.42 Å². The highest BCUT2D eigenvalue weighted by Crippen LogP contribution is 1.96. The Hall–Kier alpha value is -0.240. The summed E-state index contributed by atoms with van der Waals surface area (Å²) in [5, 5.41) is 0. The first kappa shape index (κ1) is 7.76. The molecule has 0 spiro atoms. The molecule has 0 aromatic rings. The Labute approximate surface area is 53.9 Å². The fourth-order valence-corrected chi connectivity index (χ4v) is 0.437. The van der Waals surface area contributed by atoms with Gasteiger partial charge in [0.1, 0.15) is 11.9 Å². The van der Waals surface area contributed by atoms with Crippen LogP contribution in [0.1, 0.15) is 26.2 Å². The SMILES string of the molecule is CCCCC(=O)OCl. The van der Waals surface area contributed by atoms with E-state index in [1.165, 1.54) is 0 Å². The average molecular weight is 137 g/mol. The van der Waals surface area contributed by atoms with Crippen LogP contribution in [0.2, 0.25) is 0 Å². The maximum absolute atomic E-state index is 10.2. The van der Waals surface area contributed by atoms with E-state index in [1.807, 2.05) is 6.92 Å². The minimum atomic E-state index is -0.339. The first-order valence-corrected chi connectivity index (χ1v) is 2.93. The predicted molar refractivity (Wildman–Crippen MR) is 31.5 cm³/mol. The van der Waals surface area contributed by atoms with Crippen LogP contribution in [-0.4, -0.2) is 5.97 Å². The molecule has 0 unspecified atom stereocenters. The maximum Gasteiger partial charge on any atom is 0.324 e. The lowest BCUT2D eigenvalue weighted by Crippen LogP contribution is -1.94. The van der Waals surface area contributed by atoms with Gasteiger partial charge in [-0.3, -0.25) is 4.79 Å². The Morgan fingerprint density at radius 1 is 1.75 bits per heavy atom. The molecule has 0 N–H and O–H groups in total. The van der Waals surface area contributed by atoms with Crippen molar-refractivity contribution in [1.29, 1.82) is 0 Å². The van der Waals surface area contributed by atoms with Gasteiger partial charge in [-0.25, -0.2) is 0 Å². The molecule has 0 heterocycles. The monoisotopic (exact) mass is 136 g/mol. The highest BCUT2D eigenvalue weighted by atomic mass is 35.5. The molecule has 0 amide bonds. The summed E-state index contributed by atoms with van der Waals surface area (Å²) in [6.45, 7) is 2.00. The van der Waals surface area contributed by atoms with Crippen molar-refractivity contribution >= 4 is 17.8 Å². The number of rotatable bonds is 3. The van der Waals surface area contributed by atoms with E-state index in [2.05, 4.69) is 4.29 Å². The van der Waals surface area contributed by atoms with E-state index in [-0.39, 0.29) is 5.97 Å². The summed E-state index contributed by atoms with van der Waals surface area (Å²) in [6, 6.07) is 0. The van der Waals surface area contributed by atoms with Crippen LogP contribution in [0, 0.1) is 0 Å². The second-order valence-electron chi connectivity index (χ2n) is 1.55. The van der Waals surface area contributed by atoms with Crippen LogP contribution < -0.4 is 0 Å². The van der Waals surface area contributed by atoms with Crippen molar-refractivity contribution in [1.82, 2.24) is 0 Å². The van der Waals surface area contributed by atoms with Gasteiger partial charge in [0.05, 0.1) is 0 Å². The molecule has 0 saturated carbocycles. The van der Waals surface area contributed by atoms with Gasteiger partial charge in [0.25, 0.3) is 0 Å². The first-order chi connectivity index (χ1) is 3.81. The third kappa shape index (κ3) is 3.93. The third-order valence-corrected chi connectivity index (χ3v) is 0.993. The molecule has 0 aliphatic heterocycles. The van der Waals surface area contributed by atoms with Crippen molar-refractivity contribution in [2.45, 2.75) is 26.2 Å². The highest BCUT2D eigenvalue weighted by Gasteiger charge is 1.97. The molecule has 0 aromatic heterocycles. The number of hydrogen-bond donors (Lipinski definition) is 0. The number of hydrogen-bond acceptors (Lipinski definition) is 2. The van der Waals surface area contributed by atoms with Crippen molar-refractivity contribution < 1.29 is 9.08 Å². The fourth-order valence-electron chi connectivity index (χ4n) is 0.360. The molecule has 0 bridgehead atoms. The van der Waals surface area contributed by atoms with Gasteiger partial charge >= 0.3 is 5.97 Å². The molecule has 8 heavy (non-hydrogen) atoms. The highest BCUT2D eigenvalue weighted by molar-refractivity contribution is 6.13. The van der Waals surface area contributed by atoms with Crippen LogP contribution in [0.4, 0.5) is 0 Å². The van der Waals surface area contributed by atoms with E-state index in [4.69, 9.17) is 11.9 Å². The van der Waals surface area contributed by atoms with Crippen LogP contribution in [0.15, 0.2) is 0 Å². The summed E-state index contributed by atoms with van der Waals surface area (Å²) in [7, 11) is 0. The lowest BCUT2D eigenvalue weighted by Gasteiger charge is -1.90. The first-order valence-electron chi connectivity index (χ1n) is 2.62. The number of halogens is 1. The second-order valence-corrected chi connectivity index (χ2v) is 1.71. The quantitative estimate of drug-likeness (QED) is 0.592. The predicted octanol–water partition coefficient (Wildman–Crippen LogP) is 1.87. The molecule has 0 saturated heterocycles. The smallest absolute Gasteiger partial charge is 0.324 e. The molecule has 0 radical (unpaired) electrons. The van der Waals surface area contributed by atoms with Crippen LogP contribution in [-0.2, 0) is 9.08 Å². The zero-order valence-electron chi connectivity index (χ0n) is 4.82. The molecule has 0 atom stereocenters. The third-order valence-electron chi connectivity index (χ3n) is 0.821. The number of carbonyl (C=O) groups is 1. The summed E-state index contributed by atoms with van der Waals surface area (Å²) in [5.74, 6) is -0.339. The van der Waals surface area contributed by atoms with E-state index in [0.717, 1.165) is 12.8 Å². The minimum absolute atomic E-state index is 0.339. The number of carbonyl (C=O) groups excluding carboxylic acids is 1. The summed E-state index contributed by atoms with van der Waals surface area (Å²) in [5.41, 5.74) is 0. The average Bonchev–Trinajstić information content (AvgIpc) is 1.83. The summed E-state index contributed by atoms with van der Waals surface area (Å²) in [4.78, 5) is 10.2. The van der Waals surface area contributed by atoms with Crippen molar-refractivity contribution in [3.8, 4) is 0 Å². The van der Waals surface area contributed by atoms with Gasteiger partial charge in [0, 0.05) is 6.42 Å². The van der Waals surface area contributed by atoms with Gasteiger partial charge in [0.2, 0.25) is 0 Å². The molecule has 48 valence electrons. The zero-order chi connectivity index (χ0) is 6.41. The van der Waals surface area contributed by atoms with E-state index < -0.39 is 0 Å². The lowest BCUT2D eigenvalue weighted by atomic mass is 10.3. The Morgan fingerprint density at radius 3 is 2.75 bits per heavy atom. The van der Waals surface area contributed by atoms with E-state index in [1.54, 1.807) is 0 Å². The van der Waals surface area contributed by atoms with Crippen molar-refractivity contribution in [2.24, 2.45) is 0 Å². The van der Waals surface area contributed by atoms with Crippen molar-refractivity contribution in [3.05, 3.63) is 0 Å². The van der Waals surface area contributed by atoms with Gasteiger partial charge in [0.15, 0.2) is 0 Å². The molecular formula is C5H9ClO2. The fraction of sp³-hybridized carbons (Fsp3) is 0.800. The Kier molecular flexibility index (Phi) is 4.76. The summed E-state index contributed by atoms with van der Waals surface area (Å²) < 4.78 is 3.89. The topological polar surface area (TPSA) is 26.3 Å². The van der Waals surface area contributed by atoms with Crippen LogP contribution in [0.25, 0.3) is 0 Å². The molecule has 2 nitrogen and oxygen atoms in total. The summed E-state index contributed by atoms with van der Waals surface area (Å²) in [6.07, 6.45) is 2.28. The van der Waals surface area contributed by atoms with Crippen LogP contribution >= 0.6 is 11.9 Å². The van der Waals surface area contributed by atoms with Gasteiger partial charge in [-0.1, -0.05) is 13.3 Å². The molecule has 0 aromatic carbocycles. The molecule has 0 rings (SSSR count). The Bertz CT molecular complexity index is 72.8. The molecular weight excluding hydrogens is 128 g/mol. The van der Waals surface area contributed by atoms with E-state index >= 15 is 0 Å². The second kappa shape index (κ2) is 4.91. The Balaban J connectivity index is 2.99. The molecule has 0 fully saturated rings. The van der Waals surface area contributed by atoms with E-state index in [9.17, 15) is 4.79 Å². The normalized spacial score (nSPS) is 8.75. The van der Waals surface area contributed by atoms with Crippen LogP contribution in [0.5, 0.6) is 0 Å². The molecule has 3 heteroatoms.